The molecule has 0 spiro atoms. The van der Waals surface area contributed by atoms with Gasteiger partial charge in [-0.05, 0) is 24.6 Å². The van der Waals surface area contributed by atoms with Crippen LogP contribution in [0.15, 0.2) is 24.3 Å². The number of carbonyl (C=O) groups excluding carboxylic acids is 2. The molecule has 0 saturated heterocycles. The first-order valence-corrected chi connectivity index (χ1v) is 5.06. The molecule has 4 heteroatoms. The monoisotopic (exact) mass is 222 g/mol. The van der Waals surface area contributed by atoms with Crippen molar-refractivity contribution >= 4 is 11.9 Å². The van der Waals surface area contributed by atoms with Crippen LogP contribution in [-0.4, -0.2) is 19.0 Å². The Morgan fingerprint density at radius 3 is 2.69 bits per heavy atom. The normalized spacial score (nSPS) is 9.62. The zero-order valence-corrected chi connectivity index (χ0v) is 9.36. The zero-order chi connectivity index (χ0) is 12.0. The first-order chi connectivity index (χ1) is 7.67. The number of hydrogen-bond acceptors (Lipinski definition) is 4. The maximum Gasteiger partial charge on any atom is 0.345 e. The van der Waals surface area contributed by atoms with Crippen LogP contribution in [0, 0.1) is 0 Å². The van der Waals surface area contributed by atoms with Crippen molar-refractivity contribution in [3.8, 4) is 5.75 Å². The third kappa shape index (κ3) is 3.38. The van der Waals surface area contributed by atoms with Gasteiger partial charge in [0.1, 0.15) is 5.75 Å². The van der Waals surface area contributed by atoms with Gasteiger partial charge in [-0.3, -0.25) is 4.79 Å². The number of rotatable bonds is 4. The summed E-state index contributed by atoms with van der Waals surface area (Å²) in [6, 6.07) is 6.48. The summed E-state index contributed by atoms with van der Waals surface area (Å²) in [6.45, 7) is 1.84. The SMILES string of the molecule is CCCC(=O)OC(=O)c1cccc(OC)c1. The van der Waals surface area contributed by atoms with E-state index in [0.29, 0.717) is 17.7 Å². The van der Waals surface area contributed by atoms with Gasteiger partial charge < -0.3 is 9.47 Å². The quantitative estimate of drug-likeness (QED) is 0.578. The molecule has 1 aromatic rings. The fourth-order valence-electron chi connectivity index (χ4n) is 1.17. The van der Waals surface area contributed by atoms with E-state index >= 15 is 0 Å². The Hall–Kier alpha value is -1.84. The number of benzene rings is 1. The maximum atomic E-state index is 11.5. The van der Waals surface area contributed by atoms with Crippen LogP contribution in [-0.2, 0) is 9.53 Å². The van der Waals surface area contributed by atoms with Crippen molar-refractivity contribution in [2.24, 2.45) is 0 Å². The minimum atomic E-state index is -0.641. The lowest BCUT2D eigenvalue weighted by Crippen LogP contribution is -2.12. The summed E-state index contributed by atoms with van der Waals surface area (Å²) in [5.74, 6) is -0.593. The Kier molecular flexibility index (Phi) is 4.51. The predicted molar refractivity (Wildman–Crippen MR) is 58.3 cm³/mol. The van der Waals surface area contributed by atoms with Crippen LogP contribution >= 0.6 is 0 Å². The molecule has 0 aliphatic carbocycles. The van der Waals surface area contributed by atoms with E-state index in [-0.39, 0.29) is 6.42 Å². The van der Waals surface area contributed by atoms with Gasteiger partial charge in [0.05, 0.1) is 12.7 Å². The third-order valence-corrected chi connectivity index (χ3v) is 1.97. The van der Waals surface area contributed by atoms with Crippen molar-refractivity contribution in [1.82, 2.24) is 0 Å². The molecule has 0 N–H and O–H groups in total. The van der Waals surface area contributed by atoms with Gasteiger partial charge in [-0.15, -0.1) is 0 Å². The molecule has 1 aromatic carbocycles. The summed E-state index contributed by atoms with van der Waals surface area (Å²) in [7, 11) is 1.51. The van der Waals surface area contributed by atoms with Gasteiger partial charge in [0.2, 0.25) is 0 Å². The lowest BCUT2D eigenvalue weighted by Gasteiger charge is -2.04. The molecule has 1 rings (SSSR count). The van der Waals surface area contributed by atoms with E-state index < -0.39 is 11.9 Å². The maximum absolute atomic E-state index is 11.5. The van der Waals surface area contributed by atoms with Crippen LogP contribution < -0.4 is 4.74 Å². The highest BCUT2D eigenvalue weighted by atomic mass is 16.6. The molecular weight excluding hydrogens is 208 g/mol. The van der Waals surface area contributed by atoms with E-state index in [1.807, 2.05) is 6.92 Å². The molecule has 4 nitrogen and oxygen atoms in total. The van der Waals surface area contributed by atoms with Gasteiger partial charge >= 0.3 is 11.9 Å². The van der Waals surface area contributed by atoms with Crippen LogP contribution in [0.3, 0.4) is 0 Å². The highest BCUT2D eigenvalue weighted by molar-refractivity contribution is 5.97. The topological polar surface area (TPSA) is 52.6 Å². The average molecular weight is 222 g/mol. The van der Waals surface area contributed by atoms with Gasteiger partial charge in [0.15, 0.2) is 0 Å². The zero-order valence-electron chi connectivity index (χ0n) is 9.36. The van der Waals surface area contributed by atoms with Gasteiger partial charge in [-0.1, -0.05) is 13.0 Å². The second-order valence-electron chi connectivity index (χ2n) is 3.24. The minimum absolute atomic E-state index is 0.246. The minimum Gasteiger partial charge on any atom is -0.497 e. The van der Waals surface area contributed by atoms with Crippen molar-refractivity contribution < 1.29 is 19.1 Å². The van der Waals surface area contributed by atoms with Crippen LogP contribution in [0.25, 0.3) is 0 Å². The summed E-state index contributed by atoms with van der Waals surface area (Å²) >= 11 is 0. The van der Waals surface area contributed by atoms with Crippen molar-refractivity contribution in [3.05, 3.63) is 29.8 Å². The van der Waals surface area contributed by atoms with Gasteiger partial charge in [-0.25, -0.2) is 4.79 Å². The number of hydrogen-bond donors (Lipinski definition) is 0. The van der Waals surface area contributed by atoms with E-state index in [1.165, 1.54) is 13.2 Å². The molecule has 0 heterocycles. The summed E-state index contributed by atoms with van der Waals surface area (Å²) in [6.07, 6.45) is 0.903. The van der Waals surface area contributed by atoms with Gasteiger partial charge in [0.25, 0.3) is 0 Å². The summed E-state index contributed by atoms with van der Waals surface area (Å²) < 4.78 is 9.61. The Morgan fingerprint density at radius 2 is 2.06 bits per heavy atom. The standard InChI is InChI=1S/C12H14O4/c1-3-5-11(13)16-12(14)9-6-4-7-10(8-9)15-2/h4,6-8H,3,5H2,1-2H3. The molecule has 0 atom stereocenters. The van der Waals surface area contributed by atoms with E-state index in [0.717, 1.165) is 0 Å². The number of carbonyl (C=O) groups is 2. The molecule has 0 amide bonds. The Morgan fingerprint density at radius 1 is 1.31 bits per heavy atom. The summed E-state index contributed by atoms with van der Waals surface area (Å²) in [5.41, 5.74) is 0.309. The first kappa shape index (κ1) is 12.2. The average Bonchev–Trinajstić information content (AvgIpc) is 2.29. The number of esters is 2. The molecule has 86 valence electrons. The molecule has 0 unspecified atom stereocenters. The second kappa shape index (κ2) is 5.90. The summed E-state index contributed by atoms with van der Waals surface area (Å²) in [5, 5.41) is 0. The van der Waals surface area contributed by atoms with Crippen molar-refractivity contribution in [3.63, 3.8) is 0 Å². The van der Waals surface area contributed by atoms with Crippen LogP contribution in [0.1, 0.15) is 30.1 Å². The molecule has 0 aromatic heterocycles. The highest BCUT2D eigenvalue weighted by Gasteiger charge is 2.12. The Labute approximate surface area is 94.2 Å². The fourth-order valence-corrected chi connectivity index (χ4v) is 1.17. The Bertz CT molecular complexity index is 384. The summed E-state index contributed by atoms with van der Waals surface area (Å²) in [4.78, 5) is 22.6. The lowest BCUT2D eigenvalue weighted by atomic mass is 10.2. The predicted octanol–water partition coefficient (Wildman–Crippen LogP) is 2.18. The van der Waals surface area contributed by atoms with Crippen molar-refractivity contribution in [2.45, 2.75) is 19.8 Å². The molecule has 0 aliphatic heterocycles. The van der Waals surface area contributed by atoms with E-state index in [2.05, 4.69) is 4.74 Å². The lowest BCUT2D eigenvalue weighted by molar-refractivity contribution is -0.137. The molecular formula is C12H14O4. The third-order valence-electron chi connectivity index (χ3n) is 1.97. The molecule has 0 radical (unpaired) electrons. The Balaban J connectivity index is 2.69. The number of ether oxygens (including phenoxy) is 2. The van der Waals surface area contributed by atoms with Crippen molar-refractivity contribution in [1.29, 1.82) is 0 Å². The van der Waals surface area contributed by atoms with E-state index in [9.17, 15) is 9.59 Å². The highest BCUT2D eigenvalue weighted by Crippen LogP contribution is 2.13. The smallest absolute Gasteiger partial charge is 0.345 e. The molecule has 0 bridgehead atoms. The first-order valence-electron chi connectivity index (χ1n) is 5.06. The van der Waals surface area contributed by atoms with E-state index in [1.54, 1.807) is 18.2 Å². The molecule has 0 aliphatic rings. The molecule has 16 heavy (non-hydrogen) atoms. The molecule has 0 fully saturated rings. The van der Waals surface area contributed by atoms with Gasteiger partial charge in [-0.2, -0.15) is 0 Å². The van der Waals surface area contributed by atoms with Crippen LogP contribution in [0.2, 0.25) is 0 Å². The van der Waals surface area contributed by atoms with Crippen LogP contribution in [0.4, 0.5) is 0 Å². The largest absolute Gasteiger partial charge is 0.497 e. The van der Waals surface area contributed by atoms with Crippen molar-refractivity contribution in [2.75, 3.05) is 7.11 Å². The second-order valence-corrected chi connectivity index (χ2v) is 3.24. The fraction of sp³-hybridized carbons (Fsp3) is 0.333. The number of methoxy groups -OCH3 is 1. The van der Waals surface area contributed by atoms with E-state index in [4.69, 9.17) is 4.74 Å². The molecule has 0 saturated carbocycles. The van der Waals surface area contributed by atoms with Gasteiger partial charge in [0, 0.05) is 6.42 Å². The van der Waals surface area contributed by atoms with Crippen LogP contribution in [0.5, 0.6) is 5.75 Å².